The first-order chi connectivity index (χ1) is 12.4. The van der Waals surface area contributed by atoms with Crippen LogP contribution in [0.15, 0.2) is 42.5 Å². The highest BCUT2D eigenvalue weighted by Crippen LogP contribution is 2.31. The number of phenols is 1. The van der Waals surface area contributed by atoms with Crippen LogP contribution in [0.3, 0.4) is 0 Å². The van der Waals surface area contributed by atoms with Gasteiger partial charge in [0.25, 0.3) is 0 Å². The molecular formula is C20H15FIN3O. The lowest BCUT2D eigenvalue weighted by molar-refractivity contribution is 0.467. The Hall–Kier alpha value is -2.48. The molecule has 26 heavy (non-hydrogen) atoms. The molecule has 2 aromatic carbocycles. The molecule has 4 nitrogen and oxygen atoms in total. The number of H-pyrrole nitrogens is 1. The molecular weight excluding hydrogens is 444 g/mol. The van der Waals surface area contributed by atoms with E-state index >= 15 is 0 Å². The van der Waals surface area contributed by atoms with Gasteiger partial charge in [-0.3, -0.25) is 5.10 Å². The van der Waals surface area contributed by atoms with E-state index in [1.807, 2.05) is 66.8 Å². The van der Waals surface area contributed by atoms with E-state index in [2.05, 4.69) is 15.2 Å². The number of phenolic OH excluding ortho intramolecular Hbond substituents is 1. The second kappa shape index (κ2) is 6.35. The van der Waals surface area contributed by atoms with E-state index in [0.29, 0.717) is 15.0 Å². The Bertz CT molecular complexity index is 1130. The van der Waals surface area contributed by atoms with Crippen molar-refractivity contribution < 1.29 is 9.50 Å². The maximum atomic E-state index is 13.9. The summed E-state index contributed by atoms with van der Waals surface area (Å²) in [6, 6.07) is 12.7. The molecule has 0 aliphatic carbocycles. The molecule has 4 rings (SSSR count). The van der Waals surface area contributed by atoms with Gasteiger partial charge in [-0.05, 0) is 84.0 Å². The summed E-state index contributed by atoms with van der Waals surface area (Å²) in [6.07, 6.45) is 0. The summed E-state index contributed by atoms with van der Waals surface area (Å²) < 4.78 is 14.5. The van der Waals surface area contributed by atoms with E-state index in [4.69, 9.17) is 0 Å². The van der Waals surface area contributed by atoms with Gasteiger partial charge >= 0.3 is 0 Å². The van der Waals surface area contributed by atoms with Gasteiger partial charge in [0.1, 0.15) is 11.6 Å². The average molecular weight is 459 g/mol. The number of pyridine rings is 1. The first-order valence-electron chi connectivity index (χ1n) is 8.05. The van der Waals surface area contributed by atoms with Crippen molar-refractivity contribution in [2.75, 3.05) is 0 Å². The Morgan fingerprint density at radius 3 is 2.42 bits per heavy atom. The quantitative estimate of drug-likeness (QED) is 0.397. The van der Waals surface area contributed by atoms with Crippen LogP contribution in [0, 0.1) is 23.2 Å². The third kappa shape index (κ3) is 2.84. The number of aromatic hydroxyl groups is 1. The summed E-state index contributed by atoms with van der Waals surface area (Å²) in [6.45, 7) is 3.73. The minimum atomic E-state index is -0.259. The van der Waals surface area contributed by atoms with E-state index in [9.17, 15) is 9.50 Å². The van der Waals surface area contributed by atoms with Crippen molar-refractivity contribution in [2.45, 2.75) is 13.8 Å². The highest BCUT2D eigenvalue weighted by Gasteiger charge is 2.13. The smallest absolute Gasteiger partial charge is 0.182 e. The number of benzene rings is 2. The van der Waals surface area contributed by atoms with E-state index in [1.54, 1.807) is 6.07 Å². The normalized spacial score (nSPS) is 11.2. The predicted octanol–water partition coefficient (Wildman–Crippen LogP) is 5.36. The molecule has 130 valence electrons. The number of nitrogens with one attached hydrogen (secondary N) is 1. The number of hydrogen-bond donors (Lipinski definition) is 2. The number of aromatic nitrogens is 3. The highest BCUT2D eigenvalue weighted by molar-refractivity contribution is 14.1. The Kier molecular flexibility index (Phi) is 4.14. The van der Waals surface area contributed by atoms with Crippen LogP contribution >= 0.6 is 22.6 Å². The highest BCUT2D eigenvalue weighted by atomic mass is 127. The standard InChI is InChI=1S/C20H15FIN3O/c1-10-7-13(8-11(2)19(10)26)17-6-4-14-18(24-25-20(14)23-17)12-3-5-16(22)15(21)9-12/h3-9,26H,1-2H3,(H,23,24,25). The van der Waals surface area contributed by atoms with Crippen molar-refractivity contribution in [3.05, 3.63) is 63.0 Å². The van der Waals surface area contributed by atoms with E-state index in [0.717, 1.165) is 39.0 Å². The second-order valence-corrected chi connectivity index (χ2v) is 7.42. The van der Waals surface area contributed by atoms with Crippen LogP contribution in [0.4, 0.5) is 4.39 Å². The second-order valence-electron chi connectivity index (χ2n) is 6.25. The van der Waals surface area contributed by atoms with Crippen molar-refractivity contribution >= 4 is 33.6 Å². The summed E-state index contributed by atoms with van der Waals surface area (Å²) in [7, 11) is 0. The monoisotopic (exact) mass is 459 g/mol. The minimum absolute atomic E-state index is 0.259. The van der Waals surface area contributed by atoms with Crippen molar-refractivity contribution in [1.29, 1.82) is 0 Å². The fourth-order valence-corrected chi connectivity index (χ4v) is 3.37. The molecule has 0 unspecified atom stereocenters. The van der Waals surface area contributed by atoms with Crippen LogP contribution in [0.2, 0.25) is 0 Å². The molecule has 0 aliphatic rings. The maximum absolute atomic E-state index is 13.9. The number of nitrogens with zero attached hydrogens (tertiary/aromatic N) is 2. The number of aromatic amines is 1. The molecule has 0 saturated heterocycles. The summed E-state index contributed by atoms with van der Waals surface area (Å²) in [5, 5.41) is 18.0. The summed E-state index contributed by atoms with van der Waals surface area (Å²) in [5.41, 5.74) is 5.35. The third-order valence-electron chi connectivity index (χ3n) is 4.41. The zero-order valence-corrected chi connectivity index (χ0v) is 16.3. The third-order valence-corrected chi connectivity index (χ3v) is 5.29. The molecule has 0 spiro atoms. The largest absolute Gasteiger partial charge is 0.507 e. The van der Waals surface area contributed by atoms with Crippen LogP contribution < -0.4 is 0 Å². The van der Waals surface area contributed by atoms with E-state index in [-0.39, 0.29) is 5.82 Å². The van der Waals surface area contributed by atoms with Gasteiger partial charge in [-0.25, -0.2) is 9.37 Å². The number of aryl methyl sites for hydroxylation is 2. The minimum Gasteiger partial charge on any atom is -0.507 e. The molecule has 0 saturated carbocycles. The molecule has 4 aromatic rings. The predicted molar refractivity (Wildman–Crippen MR) is 109 cm³/mol. The lowest BCUT2D eigenvalue weighted by atomic mass is 10.0. The SMILES string of the molecule is Cc1cc(-c2ccc3c(-c4ccc(I)c(F)c4)[nH]nc3n2)cc(C)c1O. The van der Waals surface area contributed by atoms with Crippen molar-refractivity contribution in [2.24, 2.45) is 0 Å². The number of rotatable bonds is 2. The number of fused-ring (bicyclic) bond motifs is 1. The van der Waals surface area contributed by atoms with Crippen LogP contribution in [0.1, 0.15) is 11.1 Å². The molecule has 2 heterocycles. The van der Waals surface area contributed by atoms with Crippen molar-refractivity contribution in [3.8, 4) is 28.3 Å². The van der Waals surface area contributed by atoms with Gasteiger partial charge in [0.05, 0.1) is 11.4 Å². The van der Waals surface area contributed by atoms with Gasteiger partial charge in [0.2, 0.25) is 0 Å². The van der Waals surface area contributed by atoms with E-state index in [1.165, 1.54) is 6.07 Å². The number of halogens is 2. The van der Waals surface area contributed by atoms with E-state index < -0.39 is 0 Å². The molecule has 0 bridgehead atoms. The number of hydrogen-bond acceptors (Lipinski definition) is 3. The van der Waals surface area contributed by atoms with Gasteiger partial charge in [-0.2, -0.15) is 5.10 Å². The fourth-order valence-electron chi connectivity index (χ4n) is 3.03. The van der Waals surface area contributed by atoms with Crippen molar-refractivity contribution in [1.82, 2.24) is 15.2 Å². The lowest BCUT2D eigenvalue weighted by Gasteiger charge is -2.07. The van der Waals surface area contributed by atoms with Gasteiger partial charge in [0, 0.05) is 20.1 Å². The molecule has 2 N–H and O–H groups in total. The molecule has 0 aliphatic heterocycles. The van der Waals surface area contributed by atoms with Crippen LogP contribution in [-0.2, 0) is 0 Å². The van der Waals surface area contributed by atoms with Gasteiger partial charge < -0.3 is 5.11 Å². The van der Waals surface area contributed by atoms with Gasteiger partial charge in [0.15, 0.2) is 5.65 Å². The Balaban J connectivity index is 1.82. The first kappa shape index (κ1) is 17.0. The summed E-state index contributed by atoms with van der Waals surface area (Å²) in [4.78, 5) is 4.62. The van der Waals surface area contributed by atoms with Gasteiger partial charge in [-0.1, -0.05) is 6.07 Å². The van der Waals surface area contributed by atoms with Gasteiger partial charge in [-0.15, -0.1) is 0 Å². The molecule has 0 atom stereocenters. The van der Waals surface area contributed by atoms with Crippen molar-refractivity contribution in [3.63, 3.8) is 0 Å². The topological polar surface area (TPSA) is 61.8 Å². The zero-order chi connectivity index (χ0) is 18.4. The fraction of sp³-hybridized carbons (Fsp3) is 0.100. The summed E-state index contributed by atoms with van der Waals surface area (Å²) >= 11 is 1.96. The Labute approximate surface area is 163 Å². The van der Waals surface area contributed by atoms with Crippen LogP contribution in [0.5, 0.6) is 5.75 Å². The molecule has 0 amide bonds. The Morgan fingerprint density at radius 2 is 1.73 bits per heavy atom. The lowest BCUT2D eigenvalue weighted by Crippen LogP contribution is -1.88. The zero-order valence-electron chi connectivity index (χ0n) is 14.1. The Morgan fingerprint density at radius 1 is 1.00 bits per heavy atom. The maximum Gasteiger partial charge on any atom is 0.182 e. The molecule has 0 radical (unpaired) electrons. The average Bonchev–Trinajstić information content (AvgIpc) is 3.04. The molecule has 6 heteroatoms. The first-order valence-corrected chi connectivity index (χ1v) is 9.13. The van der Waals surface area contributed by atoms with Crippen LogP contribution in [-0.4, -0.2) is 20.3 Å². The molecule has 0 fully saturated rings. The van der Waals surface area contributed by atoms with Crippen LogP contribution in [0.25, 0.3) is 33.5 Å². The summed E-state index contributed by atoms with van der Waals surface area (Å²) in [5.74, 6) is 0.0445. The molecule has 2 aromatic heterocycles.